The van der Waals surface area contributed by atoms with Gasteiger partial charge in [-0.25, -0.2) is 4.79 Å². The highest BCUT2D eigenvalue weighted by Crippen LogP contribution is 2.29. The molecule has 2 heterocycles. The normalized spacial score (nSPS) is 18.5. The van der Waals surface area contributed by atoms with Crippen LogP contribution in [0.25, 0.3) is 0 Å². The topological polar surface area (TPSA) is 66.9 Å². The van der Waals surface area contributed by atoms with Crippen molar-refractivity contribution in [2.45, 2.75) is 45.4 Å². The molecule has 150 valence electrons. The third-order valence-corrected chi connectivity index (χ3v) is 5.25. The largest absolute Gasteiger partial charge is 0.444 e. The molecule has 0 N–H and O–H groups in total. The van der Waals surface area contributed by atoms with Crippen molar-refractivity contribution in [2.75, 3.05) is 6.54 Å². The Balaban J connectivity index is 1.62. The molecule has 0 saturated carbocycles. The number of imide groups is 1. The molecule has 1 atom stereocenters. The van der Waals surface area contributed by atoms with Gasteiger partial charge in [0.2, 0.25) is 0 Å². The van der Waals surface area contributed by atoms with Gasteiger partial charge in [-0.2, -0.15) is 0 Å². The van der Waals surface area contributed by atoms with Crippen molar-refractivity contribution in [3.05, 3.63) is 70.8 Å². The monoisotopic (exact) mass is 392 g/mol. The van der Waals surface area contributed by atoms with E-state index >= 15 is 0 Å². The summed E-state index contributed by atoms with van der Waals surface area (Å²) >= 11 is 0. The number of carbonyl (C=O) groups is 3. The van der Waals surface area contributed by atoms with Crippen LogP contribution in [0.1, 0.15) is 52.6 Å². The van der Waals surface area contributed by atoms with Gasteiger partial charge in [0.05, 0.1) is 23.7 Å². The predicted octanol–water partition coefficient (Wildman–Crippen LogP) is 3.64. The Kier molecular flexibility index (Phi) is 4.65. The van der Waals surface area contributed by atoms with Crippen LogP contribution in [0, 0.1) is 0 Å². The maximum absolute atomic E-state index is 12.9. The molecule has 0 unspecified atom stereocenters. The molecule has 29 heavy (non-hydrogen) atoms. The molecular weight excluding hydrogens is 368 g/mol. The van der Waals surface area contributed by atoms with Gasteiger partial charge in [0, 0.05) is 6.54 Å². The Morgan fingerprint density at radius 1 is 0.966 bits per heavy atom. The Labute approximate surface area is 170 Å². The molecule has 0 aromatic heterocycles. The van der Waals surface area contributed by atoms with E-state index in [1.165, 1.54) is 4.90 Å². The van der Waals surface area contributed by atoms with E-state index in [9.17, 15) is 14.4 Å². The summed E-state index contributed by atoms with van der Waals surface area (Å²) in [7, 11) is 0. The van der Waals surface area contributed by atoms with Crippen molar-refractivity contribution >= 4 is 17.9 Å². The molecule has 2 aliphatic rings. The number of rotatable bonds is 2. The van der Waals surface area contributed by atoms with Gasteiger partial charge in [-0.3, -0.25) is 19.4 Å². The summed E-state index contributed by atoms with van der Waals surface area (Å²) in [6, 6.07) is 14.4. The lowest BCUT2D eigenvalue weighted by molar-refractivity contribution is 0.00772. The number of ether oxygens (including phenoxy) is 1. The Hall–Kier alpha value is -3.15. The fourth-order valence-electron chi connectivity index (χ4n) is 3.90. The minimum atomic E-state index is -0.631. The highest BCUT2D eigenvalue weighted by atomic mass is 16.6. The third-order valence-electron chi connectivity index (χ3n) is 5.25. The van der Waals surface area contributed by atoms with E-state index in [1.54, 1.807) is 29.2 Å². The zero-order valence-electron chi connectivity index (χ0n) is 16.8. The SMILES string of the molecule is CC(C)(C)OC(=O)N1Cc2ccccc2C[C@@H]1CN1C(=O)c2ccccc2C1=O. The summed E-state index contributed by atoms with van der Waals surface area (Å²) in [6.45, 7) is 5.99. The molecule has 6 nitrogen and oxygen atoms in total. The summed E-state index contributed by atoms with van der Waals surface area (Å²) < 4.78 is 5.60. The van der Waals surface area contributed by atoms with Crippen molar-refractivity contribution in [1.82, 2.24) is 9.80 Å². The second kappa shape index (κ2) is 7.03. The molecule has 2 aromatic rings. The predicted molar refractivity (Wildman–Crippen MR) is 108 cm³/mol. The summed E-state index contributed by atoms with van der Waals surface area (Å²) in [6.07, 6.45) is 0.122. The number of fused-ring (bicyclic) bond motifs is 2. The average molecular weight is 392 g/mol. The summed E-state index contributed by atoms with van der Waals surface area (Å²) in [5.74, 6) is -0.623. The second-order valence-electron chi connectivity index (χ2n) is 8.50. The highest BCUT2D eigenvalue weighted by molar-refractivity contribution is 6.21. The van der Waals surface area contributed by atoms with Gasteiger partial charge in [0.25, 0.3) is 11.8 Å². The van der Waals surface area contributed by atoms with E-state index in [0.29, 0.717) is 24.1 Å². The van der Waals surface area contributed by atoms with Gasteiger partial charge in [-0.05, 0) is 50.5 Å². The molecule has 0 saturated heterocycles. The van der Waals surface area contributed by atoms with Crippen molar-refractivity contribution in [1.29, 1.82) is 0 Å². The van der Waals surface area contributed by atoms with Crippen molar-refractivity contribution in [3.63, 3.8) is 0 Å². The fraction of sp³-hybridized carbons (Fsp3) is 0.348. The number of nitrogens with zero attached hydrogens (tertiary/aromatic N) is 2. The number of carbonyl (C=O) groups excluding carboxylic acids is 3. The standard InChI is InChI=1S/C23H24N2O4/c1-23(2,3)29-22(28)24-13-16-9-5-4-8-15(16)12-17(24)14-25-20(26)18-10-6-7-11-19(18)21(25)27/h4-11,17H,12-14H2,1-3H3/t17-/m1/s1. The lowest BCUT2D eigenvalue weighted by atomic mass is 9.94. The quantitative estimate of drug-likeness (QED) is 0.732. The molecule has 2 aliphatic heterocycles. The number of hydrogen-bond acceptors (Lipinski definition) is 4. The van der Waals surface area contributed by atoms with E-state index in [1.807, 2.05) is 45.0 Å². The molecular formula is C23H24N2O4. The van der Waals surface area contributed by atoms with E-state index in [0.717, 1.165) is 11.1 Å². The van der Waals surface area contributed by atoms with Crippen LogP contribution in [-0.4, -0.2) is 45.9 Å². The zero-order chi connectivity index (χ0) is 20.8. The number of benzene rings is 2. The minimum Gasteiger partial charge on any atom is -0.444 e. The molecule has 0 radical (unpaired) electrons. The molecule has 3 amide bonds. The molecule has 0 bridgehead atoms. The van der Waals surface area contributed by atoms with Gasteiger partial charge >= 0.3 is 6.09 Å². The maximum atomic E-state index is 12.9. The minimum absolute atomic E-state index is 0.139. The highest BCUT2D eigenvalue weighted by Gasteiger charge is 2.40. The Morgan fingerprint density at radius 2 is 1.52 bits per heavy atom. The van der Waals surface area contributed by atoms with Crippen LogP contribution in [0.3, 0.4) is 0 Å². The van der Waals surface area contributed by atoms with Gasteiger partial charge in [0.15, 0.2) is 0 Å². The fourth-order valence-corrected chi connectivity index (χ4v) is 3.90. The average Bonchev–Trinajstić information content (AvgIpc) is 2.91. The first-order chi connectivity index (χ1) is 13.7. The van der Waals surface area contributed by atoms with Gasteiger partial charge in [-0.1, -0.05) is 36.4 Å². The summed E-state index contributed by atoms with van der Waals surface area (Å²) in [5.41, 5.74) is 2.37. The van der Waals surface area contributed by atoms with E-state index < -0.39 is 11.7 Å². The first kappa shape index (κ1) is 19.2. The van der Waals surface area contributed by atoms with E-state index in [4.69, 9.17) is 4.74 Å². The summed E-state index contributed by atoms with van der Waals surface area (Å²) in [4.78, 5) is 41.4. The van der Waals surface area contributed by atoms with E-state index in [-0.39, 0.29) is 24.4 Å². The Morgan fingerprint density at radius 3 is 2.10 bits per heavy atom. The molecule has 4 rings (SSSR count). The smallest absolute Gasteiger partial charge is 0.410 e. The number of hydrogen-bond donors (Lipinski definition) is 0. The lowest BCUT2D eigenvalue weighted by Gasteiger charge is -2.39. The van der Waals surface area contributed by atoms with Crippen LogP contribution in [0.5, 0.6) is 0 Å². The molecule has 0 spiro atoms. The molecule has 0 fully saturated rings. The lowest BCUT2D eigenvalue weighted by Crippen LogP contribution is -2.52. The molecule has 6 heteroatoms. The molecule has 2 aromatic carbocycles. The first-order valence-corrected chi connectivity index (χ1v) is 9.76. The Bertz CT molecular complexity index is 957. The van der Waals surface area contributed by atoms with Crippen LogP contribution >= 0.6 is 0 Å². The van der Waals surface area contributed by atoms with E-state index in [2.05, 4.69) is 0 Å². The first-order valence-electron chi connectivity index (χ1n) is 9.76. The second-order valence-corrected chi connectivity index (χ2v) is 8.50. The third kappa shape index (κ3) is 3.62. The van der Waals surface area contributed by atoms with Crippen LogP contribution in [0.15, 0.2) is 48.5 Å². The van der Waals surface area contributed by atoms with Crippen molar-refractivity contribution in [3.8, 4) is 0 Å². The van der Waals surface area contributed by atoms with Gasteiger partial charge in [0.1, 0.15) is 5.60 Å². The van der Waals surface area contributed by atoms with Crippen LogP contribution in [0.2, 0.25) is 0 Å². The zero-order valence-corrected chi connectivity index (χ0v) is 16.8. The number of amides is 3. The van der Waals surface area contributed by atoms with Gasteiger partial charge in [-0.15, -0.1) is 0 Å². The van der Waals surface area contributed by atoms with Crippen LogP contribution < -0.4 is 0 Å². The maximum Gasteiger partial charge on any atom is 0.410 e. The van der Waals surface area contributed by atoms with Crippen LogP contribution in [0.4, 0.5) is 4.79 Å². The van der Waals surface area contributed by atoms with Crippen molar-refractivity contribution < 1.29 is 19.1 Å². The van der Waals surface area contributed by atoms with Crippen molar-refractivity contribution in [2.24, 2.45) is 0 Å². The van der Waals surface area contributed by atoms with Crippen LogP contribution in [-0.2, 0) is 17.7 Å². The summed E-state index contributed by atoms with van der Waals surface area (Å²) in [5, 5.41) is 0. The van der Waals surface area contributed by atoms with Gasteiger partial charge < -0.3 is 4.74 Å². The molecule has 0 aliphatic carbocycles.